The van der Waals surface area contributed by atoms with Gasteiger partial charge in [0.15, 0.2) is 0 Å². The van der Waals surface area contributed by atoms with Crippen molar-refractivity contribution in [3.05, 3.63) is 42.0 Å². The molecule has 2 aliphatic rings. The van der Waals surface area contributed by atoms with Crippen LogP contribution in [0.1, 0.15) is 37.7 Å². The first-order chi connectivity index (χ1) is 11.2. The first-order valence-corrected chi connectivity index (χ1v) is 8.42. The highest BCUT2D eigenvalue weighted by Gasteiger charge is 2.26. The summed E-state index contributed by atoms with van der Waals surface area (Å²) in [5, 5.41) is 2.92. The van der Waals surface area contributed by atoms with Crippen molar-refractivity contribution in [2.45, 2.75) is 38.5 Å². The van der Waals surface area contributed by atoms with Crippen LogP contribution in [-0.2, 0) is 20.7 Å². The number of carbonyl (C=O) groups excluding carboxylic acids is 2. The van der Waals surface area contributed by atoms with Gasteiger partial charge in [0.25, 0.3) is 0 Å². The molecule has 0 spiro atoms. The molecule has 4 nitrogen and oxygen atoms in total. The van der Waals surface area contributed by atoms with Crippen molar-refractivity contribution in [1.82, 2.24) is 0 Å². The van der Waals surface area contributed by atoms with Gasteiger partial charge in [-0.3, -0.25) is 9.59 Å². The van der Waals surface area contributed by atoms with E-state index in [-0.39, 0.29) is 17.8 Å². The number of amides is 1. The monoisotopic (exact) mass is 313 g/mol. The molecule has 1 aliphatic heterocycles. The van der Waals surface area contributed by atoms with Gasteiger partial charge in [0, 0.05) is 18.0 Å². The Bertz CT molecular complexity index is 608. The van der Waals surface area contributed by atoms with Crippen molar-refractivity contribution in [3.63, 3.8) is 0 Å². The molecule has 1 aromatic carbocycles. The Morgan fingerprint density at radius 2 is 2.13 bits per heavy atom. The Morgan fingerprint density at radius 1 is 1.26 bits per heavy atom. The molecule has 1 aromatic rings. The number of hydrogen-bond donors (Lipinski definition) is 1. The zero-order chi connectivity index (χ0) is 16.1. The number of benzene rings is 1. The molecule has 0 saturated carbocycles. The first kappa shape index (κ1) is 15.8. The van der Waals surface area contributed by atoms with Gasteiger partial charge in [-0.2, -0.15) is 0 Å². The first-order valence-electron chi connectivity index (χ1n) is 8.42. The normalized spacial score (nSPS) is 23.0. The SMILES string of the molecule is O=C(CCC1Cc2ccccc2NC1=O)OCC1CC=CCC1. The third-order valence-corrected chi connectivity index (χ3v) is 4.67. The number of allylic oxidation sites excluding steroid dienone is 2. The fraction of sp³-hybridized carbons (Fsp3) is 0.474. The third-order valence-electron chi connectivity index (χ3n) is 4.67. The number of fused-ring (bicyclic) bond motifs is 1. The second kappa shape index (κ2) is 7.44. The molecule has 122 valence electrons. The molecule has 0 fully saturated rings. The third kappa shape index (κ3) is 4.21. The minimum absolute atomic E-state index is 0.00826. The molecule has 1 aliphatic carbocycles. The van der Waals surface area contributed by atoms with Crippen molar-refractivity contribution in [2.75, 3.05) is 11.9 Å². The van der Waals surface area contributed by atoms with E-state index < -0.39 is 0 Å². The van der Waals surface area contributed by atoms with Gasteiger partial charge in [-0.25, -0.2) is 0 Å². The van der Waals surface area contributed by atoms with Crippen LogP contribution in [0.4, 0.5) is 5.69 Å². The second-order valence-corrected chi connectivity index (χ2v) is 6.42. The van der Waals surface area contributed by atoms with Crippen LogP contribution in [-0.4, -0.2) is 18.5 Å². The number of nitrogens with one attached hydrogen (secondary N) is 1. The lowest BCUT2D eigenvalue weighted by atomic mass is 9.90. The molecule has 2 unspecified atom stereocenters. The van der Waals surface area contributed by atoms with Crippen LogP contribution in [0.2, 0.25) is 0 Å². The summed E-state index contributed by atoms with van der Waals surface area (Å²) in [5.41, 5.74) is 2.03. The number of para-hydroxylation sites is 1. The zero-order valence-corrected chi connectivity index (χ0v) is 13.3. The van der Waals surface area contributed by atoms with E-state index in [2.05, 4.69) is 17.5 Å². The molecule has 23 heavy (non-hydrogen) atoms. The summed E-state index contributed by atoms with van der Waals surface area (Å²) in [6, 6.07) is 7.82. The summed E-state index contributed by atoms with van der Waals surface area (Å²) in [5.74, 6) is 0.129. The topological polar surface area (TPSA) is 55.4 Å². The van der Waals surface area contributed by atoms with E-state index in [1.54, 1.807) is 0 Å². The van der Waals surface area contributed by atoms with E-state index in [1.165, 1.54) is 0 Å². The van der Waals surface area contributed by atoms with Crippen LogP contribution >= 0.6 is 0 Å². The van der Waals surface area contributed by atoms with Crippen LogP contribution in [0.25, 0.3) is 0 Å². The van der Waals surface area contributed by atoms with Crippen molar-refractivity contribution >= 4 is 17.6 Å². The fourth-order valence-electron chi connectivity index (χ4n) is 3.23. The summed E-state index contributed by atoms with van der Waals surface area (Å²) in [6.45, 7) is 0.503. The van der Waals surface area contributed by atoms with Crippen molar-refractivity contribution in [3.8, 4) is 0 Å². The average Bonchev–Trinajstić information content (AvgIpc) is 2.59. The maximum atomic E-state index is 12.1. The van der Waals surface area contributed by atoms with Crippen molar-refractivity contribution in [2.24, 2.45) is 11.8 Å². The van der Waals surface area contributed by atoms with Crippen molar-refractivity contribution < 1.29 is 14.3 Å². The minimum Gasteiger partial charge on any atom is -0.465 e. The molecule has 3 rings (SSSR count). The standard InChI is InChI=1S/C19H23NO3/c21-18(23-13-14-6-2-1-3-7-14)11-10-16-12-15-8-4-5-9-17(15)20-19(16)22/h1-2,4-5,8-9,14,16H,3,6-7,10-13H2,(H,20,22). The lowest BCUT2D eigenvalue weighted by Crippen LogP contribution is -2.30. The Labute approximate surface area is 136 Å². The van der Waals surface area contributed by atoms with E-state index in [1.807, 2.05) is 24.3 Å². The fourth-order valence-corrected chi connectivity index (χ4v) is 3.23. The second-order valence-electron chi connectivity index (χ2n) is 6.42. The lowest BCUT2D eigenvalue weighted by molar-refractivity contribution is -0.145. The van der Waals surface area contributed by atoms with Gasteiger partial charge < -0.3 is 10.1 Å². The molecule has 1 amide bonds. The minimum atomic E-state index is -0.189. The molecule has 0 saturated heterocycles. The molecule has 0 aromatic heterocycles. The highest BCUT2D eigenvalue weighted by molar-refractivity contribution is 5.95. The van der Waals surface area contributed by atoms with Crippen LogP contribution < -0.4 is 5.32 Å². The molecule has 0 bridgehead atoms. The highest BCUT2D eigenvalue weighted by atomic mass is 16.5. The smallest absolute Gasteiger partial charge is 0.305 e. The van der Waals surface area contributed by atoms with Gasteiger partial charge >= 0.3 is 5.97 Å². The van der Waals surface area contributed by atoms with Crippen LogP contribution in [0.15, 0.2) is 36.4 Å². The quantitative estimate of drug-likeness (QED) is 0.669. The van der Waals surface area contributed by atoms with Gasteiger partial charge in [-0.05, 0) is 49.7 Å². The van der Waals surface area contributed by atoms with Gasteiger partial charge in [-0.1, -0.05) is 30.4 Å². The molecule has 2 atom stereocenters. The van der Waals surface area contributed by atoms with E-state index >= 15 is 0 Å². The van der Waals surface area contributed by atoms with Crippen LogP contribution in [0.5, 0.6) is 0 Å². The predicted octanol–water partition coefficient (Wildman–Crippen LogP) is 3.48. The molecule has 1 N–H and O–H groups in total. The summed E-state index contributed by atoms with van der Waals surface area (Å²) < 4.78 is 5.37. The number of carbonyl (C=O) groups is 2. The number of rotatable bonds is 5. The summed E-state index contributed by atoms with van der Waals surface area (Å²) in [6.07, 6.45) is 9.04. The molecular weight excluding hydrogens is 290 g/mol. The Kier molecular flexibility index (Phi) is 5.11. The van der Waals surface area contributed by atoms with Gasteiger partial charge in [0.2, 0.25) is 5.91 Å². The van der Waals surface area contributed by atoms with Gasteiger partial charge in [-0.15, -0.1) is 0 Å². The molecule has 1 heterocycles. The molecule has 4 heteroatoms. The zero-order valence-electron chi connectivity index (χ0n) is 13.3. The van der Waals surface area contributed by atoms with Crippen LogP contribution in [0.3, 0.4) is 0 Å². The van der Waals surface area contributed by atoms with Gasteiger partial charge in [0.1, 0.15) is 0 Å². The van der Waals surface area contributed by atoms with E-state index in [0.717, 1.165) is 30.5 Å². The van der Waals surface area contributed by atoms with E-state index in [9.17, 15) is 9.59 Å². The number of anilines is 1. The van der Waals surface area contributed by atoms with Gasteiger partial charge in [0.05, 0.1) is 6.61 Å². The largest absolute Gasteiger partial charge is 0.465 e. The lowest BCUT2D eigenvalue weighted by Gasteiger charge is -2.24. The summed E-state index contributed by atoms with van der Waals surface area (Å²) >= 11 is 0. The predicted molar refractivity (Wildman–Crippen MR) is 88.9 cm³/mol. The van der Waals surface area contributed by atoms with E-state index in [0.29, 0.717) is 31.8 Å². The van der Waals surface area contributed by atoms with E-state index in [4.69, 9.17) is 4.74 Å². The maximum Gasteiger partial charge on any atom is 0.305 e. The van der Waals surface area contributed by atoms with Crippen molar-refractivity contribution in [1.29, 1.82) is 0 Å². The Morgan fingerprint density at radius 3 is 2.96 bits per heavy atom. The van der Waals surface area contributed by atoms with Crippen LogP contribution in [0, 0.1) is 11.8 Å². The Balaban J connectivity index is 1.44. The number of hydrogen-bond acceptors (Lipinski definition) is 3. The molecule has 0 radical (unpaired) electrons. The highest BCUT2D eigenvalue weighted by Crippen LogP contribution is 2.27. The summed E-state index contributed by atoms with van der Waals surface area (Å²) in [7, 11) is 0. The Hall–Kier alpha value is -2.10. The number of ether oxygens (including phenoxy) is 1. The summed E-state index contributed by atoms with van der Waals surface area (Å²) in [4.78, 5) is 24.0. The molecular formula is C19H23NO3. The maximum absolute atomic E-state index is 12.1. The number of esters is 1. The average molecular weight is 313 g/mol.